The van der Waals surface area contributed by atoms with E-state index in [4.69, 9.17) is 5.11 Å². The summed E-state index contributed by atoms with van der Waals surface area (Å²) in [6.07, 6.45) is 2.87. The van der Waals surface area contributed by atoms with Gasteiger partial charge in [-0.3, -0.25) is 4.79 Å². The van der Waals surface area contributed by atoms with E-state index in [1.165, 1.54) is 0 Å². The quantitative estimate of drug-likeness (QED) is 0.436. The largest absolute Gasteiger partial charge is 0.386 e. The van der Waals surface area contributed by atoms with Gasteiger partial charge in [-0.15, -0.1) is 0 Å². The highest BCUT2D eigenvalue weighted by molar-refractivity contribution is 5.78. The number of aliphatic hydroxyl groups excluding tert-OH is 1. The number of rotatable bonds is 3. The average molecular weight is 156 g/mol. The number of hydrogen-bond donors (Lipinski definition) is 2. The fourth-order valence-electron chi connectivity index (χ4n) is 0.799. The van der Waals surface area contributed by atoms with Gasteiger partial charge in [-0.25, -0.2) is 5.43 Å². The Labute approximate surface area is 65.3 Å². The number of amides is 1. The summed E-state index contributed by atoms with van der Waals surface area (Å²) in [7, 11) is 0. The maximum atomic E-state index is 10.4. The minimum absolute atomic E-state index is 0.463. The van der Waals surface area contributed by atoms with Crippen LogP contribution in [0.3, 0.4) is 0 Å². The Morgan fingerprint density at radius 1 is 1.91 bits per heavy atom. The van der Waals surface area contributed by atoms with Crippen molar-refractivity contribution in [3.8, 4) is 0 Å². The molecule has 0 bridgehead atoms. The van der Waals surface area contributed by atoms with Crippen LogP contribution in [-0.4, -0.2) is 23.8 Å². The van der Waals surface area contributed by atoms with Crippen LogP contribution in [0.25, 0.3) is 0 Å². The third-order valence-electron chi connectivity index (χ3n) is 1.77. The summed E-state index contributed by atoms with van der Waals surface area (Å²) >= 11 is 0. The smallest absolute Gasteiger partial charge is 0.265 e. The molecule has 1 saturated carbocycles. The van der Waals surface area contributed by atoms with Crippen LogP contribution in [0, 0.1) is 11.8 Å². The topological polar surface area (TPSA) is 61.7 Å². The number of hydrazone groups is 1. The highest BCUT2D eigenvalue weighted by Crippen LogP contribution is 2.35. The predicted octanol–water partition coefficient (Wildman–Crippen LogP) is -0.263. The second-order valence-corrected chi connectivity index (χ2v) is 2.85. The van der Waals surface area contributed by atoms with E-state index in [0.29, 0.717) is 11.8 Å². The summed E-state index contributed by atoms with van der Waals surface area (Å²) < 4.78 is 0. The summed E-state index contributed by atoms with van der Waals surface area (Å²) in [5.41, 5.74) is 2.20. The number of carbonyl (C=O) groups excluding carboxylic acids is 1. The maximum Gasteiger partial charge on any atom is 0.265 e. The molecule has 4 heteroatoms. The highest BCUT2D eigenvalue weighted by Gasteiger charge is 2.30. The molecule has 1 rings (SSSR count). The zero-order chi connectivity index (χ0) is 8.27. The molecule has 2 atom stereocenters. The van der Waals surface area contributed by atoms with Crippen LogP contribution < -0.4 is 5.43 Å². The van der Waals surface area contributed by atoms with E-state index in [0.717, 1.165) is 6.42 Å². The van der Waals surface area contributed by atoms with Gasteiger partial charge in [0.05, 0.1) is 0 Å². The summed E-state index contributed by atoms with van der Waals surface area (Å²) in [4.78, 5) is 10.4. The number of aliphatic hydroxyl groups is 1. The van der Waals surface area contributed by atoms with E-state index in [9.17, 15) is 4.79 Å². The van der Waals surface area contributed by atoms with Gasteiger partial charge in [-0.1, -0.05) is 6.92 Å². The summed E-state index contributed by atoms with van der Waals surface area (Å²) in [6, 6.07) is 0. The Balaban J connectivity index is 2.11. The summed E-state index contributed by atoms with van der Waals surface area (Å²) in [6.45, 7) is 1.63. The molecule has 0 aliphatic heterocycles. The van der Waals surface area contributed by atoms with Gasteiger partial charge >= 0.3 is 0 Å². The van der Waals surface area contributed by atoms with Crippen molar-refractivity contribution in [1.82, 2.24) is 5.43 Å². The van der Waals surface area contributed by atoms with Crippen molar-refractivity contribution >= 4 is 12.1 Å². The lowest BCUT2D eigenvalue weighted by atomic mass is 10.4. The summed E-state index contributed by atoms with van der Waals surface area (Å²) in [5, 5.41) is 12.0. The van der Waals surface area contributed by atoms with Crippen molar-refractivity contribution in [1.29, 1.82) is 0 Å². The molecule has 0 aromatic carbocycles. The second kappa shape index (κ2) is 3.48. The van der Waals surface area contributed by atoms with Crippen molar-refractivity contribution in [2.75, 3.05) is 6.61 Å². The lowest BCUT2D eigenvalue weighted by Gasteiger charge is -1.91. The molecule has 1 aliphatic carbocycles. The summed E-state index contributed by atoms with van der Waals surface area (Å²) in [5.74, 6) is 0.758. The molecule has 0 spiro atoms. The molecule has 1 aliphatic rings. The molecule has 2 unspecified atom stereocenters. The molecule has 0 radical (unpaired) electrons. The van der Waals surface area contributed by atoms with Gasteiger partial charge in [0.25, 0.3) is 5.91 Å². The van der Waals surface area contributed by atoms with Crippen molar-refractivity contribution in [2.45, 2.75) is 13.3 Å². The molecule has 0 saturated heterocycles. The van der Waals surface area contributed by atoms with Crippen LogP contribution in [0.15, 0.2) is 5.10 Å². The van der Waals surface area contributed by atoms with Gasteiger partial charge in [-0.05, 0) is 18.3 Å². The monoisotopic (exact) mass is 156 g/mol. The molecule has 11 heavy (non-hydrogen) atoms. The lowest BCUT2D eigenvalue weighted by molar-refractivity contribution is -0.123. The Morgan fingerprint density at radius 3 is 3.00 bits per heavy atom. The highest BCUT2D eigenvalue weighted by atomic mass is 16.3. The van der Waals surface area contributed by atoms with Gasteiger partial charge < -0.3 is 5.11 Å². The van der Waals surface area contributed by atoms with Crippen LogP contribution in [-0.2, 0) is 4.79 Å². The number of carbonyl (C=O) groups is 1. The second-order valence-electron chi connectivity index (χ2n) is 2.85. The van der Waals surface area contributed by atoms with Gasteiger partial charge in [-0.2, -0.15) is 5.10 Å². The van der Waals surface area contributed by atoms with Crippen LogP contribution in [0.1, 0.15) is 13.3 Å². The normalized spacial score (nSPS) is 28.9. The van der Waals surface area contributed by atoms with Crippen LogP contribution >= 0.6 is 0 Å². The Bertz CT molecular complexity index is 179. The first-order valence-electron chi connectivity index (χ1n) is 3.67. The maximum absolute atomic E-state index is 10.4. The molecule has 4 nitrogen and oxygen atoms in total. The lowest BCUT2D eigenvalue weighted by Crippen LogP contribution is -2.20. The molecular weight excluding hydrogens is 144 g/mol. The standard InChI is InChI=1S/C7H12N2O2/c1-5-2-6(5)3-8-9-7(11)4-10/h3,5-6,10H,2,4H2,1H3,(H,9,11)/b8-3+. The Morgan fingerprint density at radius 2 is 2.55 bits per heavy atom. The Hall–Kier alpha value is -0.900. The van der Waals surface area contributed by atoms with Gasteiger partial charge in [0.15, 0.2) is 0 Å². The van der Waals surface area contributed by atoms with Gasteiger partial charge in [0, 0.05) is 6.21 Å². The molecule has 1 fully saturated rings. The number of nitrogens with one attached hydrogen (secondary N) is 1. The van der Waals surface area contributed by atoms with Crippen molar-refractivity contribution < 1.29 is 9.90 Å². The molecule has 2 N–H and O–H groups in total. The zero-order valence-electron chi connectivity index (χ0n) is 6.45. The molecule has 0 aromatic rings. The minimum Gasteiger partial charge on any atom is -0.386 e. The third kappa shape index (κ3) is 2.67. The molecule has 0 heterocycles. The van der Waals surface area contributed by atoms with Crippen LogP contribution in [0.4, 0.5) is 0 Å². The molecular formula is C7H12N2O2. The van der Waals surface area contributed by atoms with Crippen molar-refractivity contribution in [3.05, 3.63) is 0 Å². The van der Waals surface area contributed by atoms with Crippen LogP contribution in [0.2, 0.25) is 0 Å². The number of nitrogens with zero attached hydrogens (tertiary/aromatic N) is 1. The minimum atomic E-state index is -0.502. The number of hydrogen-bond acceptors (Lipinski definition) is 3. The fourth-order valence-corrected chi connectivity index (χ4v) is 0.799. The third-order valence-corrected chi connectivity index (χ3v) is 1.77. The average Bonchev–Trinajstić information content (AvgIpc) is 2.66. The van der Waals surface area contributed by atoms with Crippen LogP contribution in [0.5, 0.6) is 0 Å². The first-order valence-corrected chi connectivity index (χ1v) is 3.67. The predicted molar refractivity (Wildman–Crippen MR) is 41.0 cm³/mol. The van der Waals surface area contributed by atoms with Crippen molar-refractivity contribution in [3.63, 3.8) is 0 Å². The van der Waals surface area contributed by atoms with E-state index in [-0.39, 0.29) is 0 Å². The molecule has 1 amide bonds. The van der Waals surface area contributed by atoms with E-state index in [1.807, 2.05) is 0 Å². The molecule has 0 aromatic heterocycles. The van der Waals surface area contributed by atoms with Crippen molar-refractivity contribution in [2.24, 2.45) is 16.9 Å². The zero-order valence-corrected chi connectivity index (χ0v) is 6.45. The van der Waals surface area contributed by atoms with E-state index in [1.54, 1.807) is 6.21 Å². The molecule has 62 valence electrons. The van der Waals surface area contributed by atoms with Gasteiger partial charge in [0.1, 0.15) is 6.61 Å². The SMILES string of the molecule is CC1CC1/C=N/NC(=O)CO. The van der Waals surface area contributed by atoms with E-state index in [2.05, 4.69) is 17.5 Å². The van der Waals surface area contributed by atoms with E-state index < -0.39 is 12.5 Å². The van der Waals surface area contributed by atoms with E-state index >= 15 is 0 Å². The van der Waals surface area contributed by atoms with Gasteiger partial charge in [0.2, 0.25) is 0 Å². The first kappa shape index (κ1) is 8.20. The first-order chi connectivity index (χ1) is 5.24. The Kier molecular flexibility index (Phi) is 2.59. The fraction of sp³-hybridized carbons (Fsp3) is 0.714.